The molecule has 16 nitrogen and oxygen atoms in total. The van der Waals surface area contributed by atoms with Crippen molar-refractivity contribution in [3.63, 3.8) is 0 Å². The molecule has 0 bridgehead atoms. The van der Waals surface area contributed by atoms with Crippen molar-refractivity contribution in [3.05, 3.63) is 0 Å². The molecule has 1 N–H and O–H groups in total. The summed E-state index contributed by atoms with van der Waals surface area (Å²) in [7, 11) is 0. The van der Waals surface area contributed by atoms with Crippen LogP contribution in [0.5, 0.6) is 0 Å². The van der Waals surface area contributed by atoms with Crippen LogP contribution in [0.4, 0.5) is 0 Å². The maximum Gasteiger partial charge on any atom is 0.323 e. The fourth-order valence-electron chi connectivity index (χ4n) is 9.31. The molecule has 0 amide bonds. The van der Waals surface area contributed by atoms with Gasteiger partial charge in [0.1, 0.15) is 48.8 Å². The summed E-state index contributed by atoms with van der Waals surface area (Å²) in [4.78, 5) is 26.9. The molecule has 0 saturated carbocycles. The van der Waals surface area contributed by atoms with E-state index in [1.165, 1.54) is 0 Å². The lowest BCUT2D eigenvalue weighted by molar-refractivity contribution is -0.178. The zero-order chi connectivity index (χ0) is 42.0. The SMILES string of the molecule is CCOC(=O)C(CCC[C@@H]1OC(C)(C)O[C@@H]1[C@H]1OC(C)(C)O[C@@H]1[C@H]1COC(C)(C)O1)(CCC[C@@H]1OC(C)(C)O[C@@H]1[C@H]1OC(C)(C)O[C@@H]1[C@H]1COC(C)(C)O1)C(=O)O. The molecule has 6 rings (SSSR count). The minimum atomic E-state index is -1.82. The van der Waals surface area contributed by atoms with Crippen LogP contribution in [-0.4, -0.2) is 133 Å². The topological polar surface area (TPSA) is 174 Å². The lowest BCUT2D eigenvalue weighted by atomic mass is 9.77. The molecule has 6 heterocycles. The van der Waals surface area contributed by atoms with E-state index < -0.39 is 113 Å². The highest BCUT2D eigenvalue weighted by molar-refractivity contribution is 5.99. The first-order valence-corrected chi connectivity index (χ1v) is 20.7. The van der Waals surface area contributed by atoms with Gasteiger partial charge in [0.15, 0.2) is 40.1 Å². The van der Waals surface area contributed by atoms with Crippen molar-refractivity contribution in [1.29, 1.82) is 0 Å². The zero-order valence-corrected chi connectivity index (χ0v) is 36.2. The van der Waals surface area contributed by atoms with Crippen molar-refractivity contribution in [3.8, 4) is 0 Å². The smallest absolute Gasteiger partial charge is 0.323 e. The lowest BCUT2D eigenvalue weighted by Crippen LogP contribution is -2.48. The first-order chi connectivity index (χ1) is 26.3. The average Bonchev–Trinajstić information content (AvgIpc) is 3.90. The highest BCUT2D eigenvalue weighted by atomic mass is 16.8. The van der Waals surface area contributed by atoms with Gasteiger partial charge in [-0.2, -0.15) is 0 Å². The third-order valence-electron chi connectivity index (χ3n) is 11.5. The van der Waals surface area contributed by atoms with Crippen LogP contribution in [0.1, 0.15) is 129 Å². The molecule has 10 atom stereocenters. The Morgan fingerprint density at radius 1 is 0.526 bits per heavy atom. The number of carbonyl (C=O) groups is 2. The number of ether oxygens (including phenoxy) is 13. The van der Waals surface area contributed by atoms with E-state index in [1.807, 2.05) is 83.1 Å². The van der Waals surface area contributed by atoms with Gasteiger partial charge in [-0.15, -0.1) is 0 Å². The molecular weight excluding hydrogens is 748 g/mol. The Hall–Kier alpha value is -1.54. The van der Waals surface area contributed by atoms with Crippen LogP contribution in [0, 0.1) is 5.41 Å². The molecule has 6 saturated heterocycles. The molecule has 6 aliphatic rings. The molecule has 328 valence electrons. The maximum atomic E-state index is 13.7. The van der Waals surface area contributed by atoms with E-state index in [0.717, 1.165) is 0 Å². The fourth-order valence-corrected chi connectivity index (χ4v) is 9.31. The lowest BCUT2D eigenvalue weighted by Gasteiger charge is -2.31. The second-order valence-electron chi connectivity index (χ2n) is 19.0. The standard InChI is InChI=1S/C41H68O16/c1-14-45-34(44)41(33(42)43,19-15-17-23-27(52-37(6,7)48-23)31-29(54-39(10,11)56-31)25-21-46-35(2,3)50-25)20-16-18-24-28(53-38(8,9)49-24)32-30(55-40(12,13)57-32)26-22-47-36(4,5)51-26/h23-32H,14-22H2,1-13H3,(H,42,43)/t23-,24-,25+,26+,27-,28-,29+,30+,31+,32+/m0/s1. The summed E-state index contributed by atoms with van der Waals surface area (Å²) in [6.45, 7) is 24.5. The monoisotopic (exact) mass is 816 g/mol. The Bertz CT molecular complexity index is 1350. The molecule has 16 heteroatoms. The van der Waals surface area contributed by atoms with Crippen LogP contribution in [0.25, 0.3) is 0 Å². The maximum absolute atomic E-state index is 13.7. The number of hydrogen-bond donors (Lipinski definition) is 1. The highest BCUT2D eigenvalue weighted by Gasteiger charge is 2.59. The van der Waals surface area contributed by atoms with Gasteiger partial charge in [-0.25, -0.2) is 0 Å². The molecule has 0 aromatic carbocycles. The van der Waals surface area contributed by atoms with Crippen LogP contribution >= 0.6 is 0 Å². The van der Waals surface area contributed by atoms with E-state index >= 15 is 0 Å². The molecule has 0 aromatic rings. The molecule has 0 aromatic heterocycles. The predicted molar refractivity (Wildman–Crippen MR) is 200 cm³/mol. The van der Waals surface area contributed by atoms with E-state index in [0.29, 0.717) is 38.9 Å². The van der Waals surface area contributed by atoms with Crippen LogP contribution in [0.3, 0.4) is 0 Å². The van der Waals surface area contributed by atoms with Gasteiger partial charge in [-0.05, 0) is 129 Å². The summed E-state index contributed by atoms with van der Waals surface area (Å²) in [5, 5.41) is 10.8. The summed E-state index contributed by atoms with van der Waals surface area (Å²) in [5.74, 6) is -7.29. The predicted octanol–water partition coefficient (Wildman–Crippen LogP) is 5.34. The first kappa shape index (κ1) is 45.0. The van der Waals surface area contributed by atoms with Crippen LogP contribution < -0.4 is 0 Å². The number of carboxylic acid groups (broad SMARTS) is 1. The second kappa shape index (κ2) is 16.1. The Balaban J connectivity index is 1.15. The second-order valence-corrected chi connectivity index (χ2v) is 19.0. The van der Waals surface area contributed by atoms with Crippen molar-refractivity contribution in [2.24, 2.45) is 5.41 Å². The van der Waals surface area contributed by atoms with Gasteiger partial charge >= 0.3 is 11.9 Å². The molecule has 6 fully saturated rings. The van der Waals surface area contributed by atoms with Crippen molar-refractivity contribution >= 4 is 11.9 Å². The number of esters is 1. The molecule has 0 aliphatic carbocycles. The number of carboxylic acids is 1. The third-order valence-corrected chi connectivity index (χ3v) is 11.5. The molecular formula is C41H68O16. The fraction of sp³-hybridized carbons (Fsp3) is 0.951. The number of rotatable bonds is 15. The van der Waals surface area contributed by atoms with Gasteiger partial charge in [0.2, 0.25) is 0 Å². The Labute approximate surface area is 337 Å². The summed E-state index contributed by atoms with van der Waals surface area (Å²) < 4.78 is 80.9. The van der Waals surface area contributed by atoms with Gasteiger partial charge in [-0.1, -0.05) is 0 Å². The van der Waals surface area contributed by atoms with Gasteiger partial charge < -0.3 is 66.7 Å². The minimum absolute atomic E-state index is 0.0144. The molecule has 0 unspecified atom stereocenters. The van der Waals surface area contributed by atoms with Crippen molar-refractivity contribution in [2.45, 2.75) is 224 Å². The van der Waals surface area contributed by atoms with Crippen LogP contribution in [-0.2, 0) is 71.2 Å². The summed E-state index contributed by atoms with van der Waals surface area (Å²) >= 11 is 0. The average molecular weight is 817 g/mol. The van der Waals surface area contributed by atoms with Crippen molar-refractivity contribution in [2.75, 3.05) is 19.8 Å². The molecule has 0 spiro atoms. The van der Waals surface area contributed by atoms with Crippen LogP contribution in [0.2, 0.25) is 0 Å². The summed E-state index contributed by atoms with van der Waals surface area (Å²) in [5.41, 5.74) is -1.82. The van der Waals surface area contributed by atoms with E-state index in [4.69, 9.17) is 61.6 Å². The van der Waals surface area contributed by atoms with Gasteiger partial charge in [0, 0.05) is 0 Å². The van der Waals surface area contributed by atoms with Gasteiger partial charge in [-0.3, -0.25) is 9.59 Å². The Morgan fingerprint density at radius 2 is 0.877 bits per heavy atom. The van der Waals surface area contributed by atoms with Crippen molar-refractivity contribution in [1.82, 2.24) is 0 Å². The zero-order valence-electron chi connectivity index (χ0n) is 36.2. The minimum Gasteiger partial charge on any atom is -0.480 e. The molecule has 6 aliphatic heterocycles. The quantitative estimate of drug-likeness (QED) is 0.165. The first-order valence-electron chi connectivity index (χ1n) is 20.7. The van der Waals surface area contributed by atoms with E-state index in [-0.39, 0.29) is 19.4 Å². The summed E-state index contributed by atoms with van der Waals surface area (Å²) in [6, 6.07) is 0. The van der Waals surface area contributed by atoms with Crippen LogP contribution in [0.15, 0.2) is 0 Å². The Kier molecular flexibility index (Phi) is 12.7. The summed E-state index contributed by atoms with van der Waals surface area (Å²) in [6.07, 6.45) is -3.60. The van der Waals surface area contributed by atoms with Gasteiger partial charge in [0.25, 0.3) is 0 Å². The normalized spacial score (nSPS) is 38.8. The largest absolute Gasteiger partial charge is 0.480 e. The van der Waals surface area contributed by atoms with Gasteiger partial charge in [0.05, 0.1) is 32.0 Å². The van der Waals surface area contributed by atoms with E-state index in [2.05, 4.69) is 0 Å². The number of aliphatic carboxylic acids is 1. The highest BCUT2D eigenvalue weighted by Crippen LogP contribution is 2.46. The molecule has 57 heavy (non-hydrogen) atoms. The number of carbonyl (C=O) groups excluding carboxylic acids is 1. The molecule has 0 radical (unpaired) electrons. The van der Waals surface area contributed by atoms with E-state index in [9.17, 15) is 14.7 Å². The number of hydrogen-bond acceptors (Lipinski definition) is 15. The third kappa shape index (κ3) is 10.2. The Morgan fingerprint density at radius 3 is 1.21 bits per heavy atom. The van der Waals surface area contributed by atoms with E-state index in [1.54, 1.807) is 6.92 Å². The van der Waals surface area contributed by atoms with Crippen molar-refractivity contribution < 1.29 is 76.3 Å².